The molecule has 1 aromatic heterocycles. The van der Waals surface area contributed by atoms with Gasteiger partial charge in [-0.25, -0.2) is 18.7 Å². The SMILES string of the molecule is Cc1cc(Br)c2nc(N3CCC(F)(F)CC3)nc(Cl)c2c1. The van der Waals surface area contributed by atoms with Gasteiger partial charge in [0.25, 0.3) is 5.92 Å². The van der Waals surface area contributed by atoms with Crippen molar-refractivity contribution in [1.29, 1.82) is 0 Å². The quantitative estimate of drug-likeness (QED) is 0.682. The molecule has 0 radical (unpaired) electrons. The molecule has 0 unspecified atom stereocenters. The number of halogens is 4. The van der Waals surface area contributed by atoms with Crippen molar-refractivity contribution in [2.45, 2.75) is 25.7 Å². The Morgan fingerprint density at radius 2 is 1.90 bits per heavy atom. The summed E-state index contributed by atoms with van der Waals surface area (Å²) >= 11 is 9.71. The number of piperidine rings is 1. The highest BCUT2D eigenvalue weighted by Crippen LogP contribution is 2.33. The largest absolute Gasteiger partial charge is 0.340 e. The first-order chi connectivity index (χ1) is 9.85. The van der Waals surface area contributed by atoms with Crippen LogP contribution in [0.15, 0.2) is 16.6 Å². The Balaban J connectivity index is 2.01. The molecular formula is C14H13BrClF2N3. The van der Waals surface area contributed by atoms with Crippen molar-refractivity contribution in [3.63, 3.8) is 0 Å². The molecule has 0 N–H and O–H groups in total. The molecule has 1 aliphatic rings. The molecule has 3 nitrogen and oxygen atoms in total. The predicted molar refractivity (Wildman–Crippen MR) is 83.4 cm³/mol. The molecule has 0 aliphatic carbocycles. The Morgan fingerprint density at radius 1 is 1.24 bits per heavy atom. The van der Waals surface area contributed by atoms with Gasteiger partial charge in [-0.3, -0.25) is 0 Å². The maximum Gasteiger partial charge on any atom is 0.251 e. The number of fused-ring (bicyclic) bond motifs is 1. The average Bonchev–Trinajstić information content (AvgIpc) is 2.40. The molecule has 1 aliphatic heterocycles. The minimum atomic E-state index is -2.59. The molecule has 1 saturated heterocycles. The zero-order valence-electron chi connectivity index (χ0n) is 11.3. The minimum absolute atomic E-state index is 0.179. The third-order valence-electron chi connectivity index (χ3n) is 3.62. The molecule has 0 atom stereocenters. The number of alkyl halides is 2. The van der Waals surface area contributed by atoms with Gasteiger partial charge in [-0.05, 0) is 40.5 Å². The molecule has 7 heteroatoms. The Kier molecular flexibility index (Phi) is 3.78. The molecule has 3 rings (SSSR count). The van der Waals surface area contributed by atoms with E-state index in [1.54, 1.807) is 4.90 Å². The van der Waals surface area contributed by atoms with Crippen LogP contribution in [0.4, 0.5) is 14.7 Å². The van der Waals surface area contributed by atoms with Crippen molar-refractivity contribution < 1.29 is 8.78 Å². The minimum Gasteiger partial charge on any atom is -0.340 e. The van der Waals surface area contributed by atoms with Gasteiger partial charge >= 0.3 is 0 Å². The summed E-state index contributed by atoms with van der Waals surface area (Å²) in [6.45, 7) is 2.43. The molecule has 0 spiro atoms. The first-order valence-electron chi connectivity index (χ1n) is 6.62. The zero-order valence-corrected chi connectivity index (χ0v) is 13.7. The number of anilines is 1. The Labute approximate surface area is 134 Å². The van der Waals surface area contributed by atoms with Gasteiger partial charge in [0.1, 0.15) is 5.15 Å². The van der Waals surface area contributed by atoms with E-state index >= 15 is 0 Å². The van der Waals surface area contributed by atoms with E-state index in [1.807, 2.05) is 19.1 Å². The van der Waals surface area contributed by atoms with Crippen LogP contribution >= 0.6 is 27.5 Å². The Morgan fingerprint density at radius 3 is 2.57 bits per heavy atom. The fourth-order valence-electron chi connectivity index (χ4n) is 2.45. The highest BCUT2D eigenvalue weighted by atomic mass is 79.9. The van der Waals surface area contributed by atoms with Crippen molar-refractivity contribution >= 4 is 44.4 Å². The maximum atomic E-state index is 13.2. The fraction of sp³-hybridized carbons (Fsp3) is 0.429. The third kappa shape index (κ3) is 2.97. The summed E-state index contributed by atoms with van der Waals surface area (Å²) in [7, 11) is 0. The standard InChI is InChI=1S/C14H13BrClF2N3/c1-8-6-9-11(10(15)7-8)19-13(20-12(9)16)21-4-2-14(17,18)3-5-21/h6-7H,2-5H2,1H3. The van der Waals surface area contributed by atoms with Gasteiger partial charge in [0.2, 0.25) is 5.95 Å². The van der Waals surface area contributed by atoms with Crippen molar-refractivity contribution in [2.24, 2.45) is 0 Å². The Bertz CT molecular complexity index is 698. The number of aromatic nitrogens is 2. The second-order valence-electron chi connectivity index (χ2n) is 5.30. The maximum absolute atomic E-state index is 13.2. The second kappa shape index (κ2) is 5.32. The van der Waals surface area contributed by atoms with E-state index in [2.05, 4.69) is 25.9 Å². The van der Waals surface area contributed by atoms with Crippen molar-refractivity contribution in [3.8, 4) is 0 Å². The summed E-state index contributed by atoms with van der Waals surface area (Å²) in [5.74, 6) is -2.18. The van der Waals surface area contributed by atoms with Gasteiger partial charge < -0.3 is 4.90 Å². The number of benzene rings is 1. The monoisotopic (exact) mass is 375 g/mol. The molecule has 1 fully saturated rings. The van der Waals surface area contributed by atoms with Crippen LogP contribution in [0.1, 0.15) is 18.4 Å². The molecule has 1 aromatic carbocycles. The molecule has 0 amide bonds. The number of aryl methyl sites for hydroxylation is 1. The highest BCUT2D eigenvalue weighted by Gasteiger charge is 2.35. The van der Waals surface area contributed by atoms with Gasteiger partial charge in [-0.2, -0.15) is 0 Å². The van der Waals surface area contributed by atoms with Crippen molar-refractivity contribution in [2.75, 3.05) is 18.0 Å². The van der Waals surface area contributed by atoms with Crippen LogP contribution in [-0.2, 0) is 0 Å². The van der Waals surface area contributed by atoms with Gasteiger partial charge in [0, 0.05) is 35.8 Å². The predicted octanol–water partition coefficient (Wildman–Crippen LogP) is 4.59. The zero-order chi connectivity index (χ0) is 15.2. The average molecular weight is 377 g/mol. The Hall–Kier alpha value is -1.01. The van der Waals surface area contributed by atoms with E-state index in [0.717, 1.165) is 15.4 Å². The number of rotatable bonds is 1. The van der Waals surface area contributed by atoms with Crippen LogP contribution in [0.2, 0.25) is 5.15 Å². The molecule has 0 saturated carbocycles. The van der Waals surface area contributed by atoms with Crippen LogP contribution in [0.25, 0.3) is 10.9 Å². The summed E-state index contributed by atoms with van der Waals surface area (Å²) < 4.78 is 27.3. The summed E-state index contributed by atoms with van der Waals surface area (Å²) in [6, 6.07) is 3.86. The van der Waals surface area contributed by atoms with Gasteiger partial charge in [-0.15, -0.1) is 0 Å². The fourth-order valence-corrected chi connectivity index (χ4v) is 3.34. The molecule has 2 aromatic rings. The lowest BCUT2D eigenvalue weighted by Gasteiger charge is -2.31. The molecule has 2 heterocycles. The van der Waals surface area contributed by atoms with Crippen LogP contribution in [0.5, 0.6) is 0 Å². The topological polar surface area (TPSA) is 29.0 Å². The normalized spacial score (nSPS) is 18.2. The van der Waals surface area contributed by atoms with E-state index in [1.165, 1.54) is 0 Å². The summed E-state index contributed by atoms with van der Waals surface area (Å²) in [4.78, 5) is 10.5. The van der Waals surface area contributed by atoms with E-state index in [-0.39, 0.29) is 25.9 Å². The van der Waals surface area contributed by atoms with Crippen molar-refractivity contribution in [1.82, 2.24) is 9.97 Å². The lowest BCUT2D eigenvalue weighted by Crippen LogP contribution is -2.40. The van der Waals surface area contributed by atoms with E-state index in [9.17, 15) is 8.78 Å². The molecular weight excluding hydrogens is 364 g/mol. The third-order valence-corrected chi connectivity index (χ3v) is 4.51. The lowest BCUT2D eigenvalue weighted by atomic mass is 10.1. The van der Waals surface area contributed by atoms with E-state index < -0.39 is 5.92 Å². The van der Waals surface area contributed by atoms with Gasteiger partial charge in [0.15, 0.2) is 0 Å². The lowest BCUT2D eigenvalue weighted by molar-refractivity contribution is -0.0222. The summed E-state index contributed by atoms with van der Waals surface area (Å²) in [5, 5.41) is 1.10. The number of hydrogen-bond acceptors (Lipinski definition) is 3. The van der Waals surface area contributed by atoms with Crippen LogP contribution in [0.3, 0.4) is 0 Å². The molecule has 112 valence electrons. The molecule has 0 bridgehead atoms. The number of nitrogens with zero attached hydrogens (tertiary/aromatic N) is 3. The number of hydrogen-bond donors (Lipinski definition) is 0. The van der Waals surface area contributed by atoms with Crippen LogP contribution < -0.4 is 4.90 Å². The molecule has 21 heavy (non-hydrogen) atoms. The first-order valence-corrected chi connectivity index (χ1v) is 7.79. The summed E-state index contributed by atoms with van der Waals surface area (Å²) in [5.41, 5.74) is 1.75. The van der Waals surface area contributed by atoms with E-state index in [0.29, 0.717) is 16.6 Å². The van der Waals surface area contributed by atoms with Gasteiger partial charge in [-0.1, -0.05) is 11.6 Å². The van der Waals surface area contributed by atoms with Gasteiger partial charge in [0.05, 0.1) is 5.52 Å². The smallest absolute Gasteiger partial charge is 0.251 e. The van der Waals surface area contributed by atoms with Crippen LogP contribution in [0, 0.1) is 6.92 Å². The highest BCUT2D eigenvalue weighted by molar-refractivity contribution is 9.10. The second-order valence-corrected chi connectivity index (χ2v) is 6.51. The van der Waals surface area contributed by atoms with Crippen molar-refractivity contribution in [3.05, 3.63) is 27.3 Å². The first kappa shape index (κ1) is 14.9. The van der Waals surface area contributed by atoms with Crippen LogP contribution in [-0.4, -0.2) is 29.0 Å². The van der Waals surface area contributed by atoms with E-state index in [4.69, 9.17) is 11.6 Å². The summed E-state index contributed by atoms with van der Waals surface area (Å²) in [6.07, 6.45) is -0.359.